The van der Waals surface area contributed by atoms with Gasteiger partial charge in [0.1, 0.15) is 0 Å². The average molecular weight is 431 g/mol. The van der Waals surface area contributed by atoms with Gasteiger partial charge >= 0.3 is 0 Å². The Morgan fingerprint density at radius 2 is 1.28 bits per heavy atom. The number of nitrogens with zero attached hydrogens (tertiary/aromatic N) is 1. The summed E-state index contributed by atoms with van der Waals surface area (Å²) in [6.45, 7) is 0. The molecule has 2 aromatic carbocycles. The number of hydrogen-bond donors (Lipinski definition) is 0. The van der Waals surface area contributed by atoms with Crippen molar-refractivity contribution in [2.75, 3.05) is 0 Å². The minimum atomic E-state index is 0. The first kappa shape index (κ1) is 17.9. The molecule has 1 nitrogen and oxygen atoms in total. The van der Waals surface area contributed by atoms with E-state index in [0.29, 0.717) is 0 Å². The summed E-state index contributed by atoms with van der Waals surface area (Å²) in [5.41, 5.74) is 5.53. The van der Waals surface area contributed by atoms with Gasteiger partial charge in [-0.3, -0.25) is 0 Å². The molecule has 0 saturated carbocycles. The van der Waals surface area contributed by atoms with Crippen molar-refractivity contribution in [2.24, 2.45) is 0 Å². The zero-order valence-electron chi connectivity index (χ0n) is 13.2. The highest BCUT2D eigenvalue weighted by atomic mass is 79.9. The predicted octanol–water partition coefficient (Wildman–Crippen LogP) is 3.07. The Bertz CT molecular complexity index is 963. The van der Waals surface area contributed by atoms with E-state index in [1.165, 1.54) is 0 Å². The van der Waals surface area contributed by atoms with Crippen LogP contribution in [-0.4, -0.2) is 0 Å². The van der Waals surface area contributed by atoms with Gasteiger partial charge in [0.25, 0.3) is 0 Å². The van der Waals surface area contributed by atoms with Crippen LogP contribution in [0, 0.1) is 0 Å². The summed E-state index contributed by atoms with van der Waals surface area (Å²) in [5.74, 6) is 0. The van der Waals surface area contributed by atoms with Crippen LogP contribution >= 0.6 is 23.2 Å². The summed E-state index contributed by atoms with van der Waals surface area (Å²) in [6, 6.07) is 24.2. The van der Waals surface area contributed by atoms with Gasteiger partial charge in [0.05, 0.1) is 5.56 Å². The molecule has 2 aromatic heterocycles. The van der Waals surface area contributed by atoms with Crippen LogP contribution in [0.3, 0.4) is 0 Å². The fraction of sp³-hybridized carbons (Fsp3) is 0. The van der Waals surface area contributed by atoms with Gasteiger partial charge in [-0.1, -0.05) is 47.5 Å². The van der Waals surface area contributed by atoms with E-state index < -0.39 is 0 Å². The fourth-order valence-corrected chi connectivity index (χ4v) is 3.30. The monoisotopic (exact) mass is 429 g/mol. The Kier molecular flexibility index (Phi) is 5.43. The van der Waals surface area contributed by atoms with Gasteiger partial charge in [0.15, 0.2) is 12.4 Å². The van der Waals surface area contributed by atoms with Crippen molar-refractivity contribution in [3.8, 4) is 22.3 Å². The van der Waals surface area contributed by atoms with Crippen LogP contribution in [0.5, 0.6) is 0 Å². The van der Waals surface area contributed by atoms with E-state index in [1.807, 2.05) is 54.7 Å². The quantitative estimate of drug-likeness (QED) is 0.430. The molecule has 124 valence electrons. The Morgan fingerprint density at radius 3 is 1.92 bits per heavy atom. The van der Waals surface area contributed by atoms with Gasteiger partial charge in [0, 0.05) is 33.8 Å². The highest BCUT2D eigenvalue weighted by Crippen LogP contribution is 2.34. The van der Waals surface area contributed by atoms with Gasteiger partial charge < -0.3 is 17.0 Å². The Hall–Kier alpha value is -1.87. The van der Waals surface area contributed by atoms with Crippen LogP contribution in [0.2, 0.25) is 10.0 Å². The van der Waals surface area contributed by atoms with Crippen LogP contribution in [0.25, 0.3) is 27.8 Å². The molecule has 25 heavy (non-hydrogen) atoms. The van der Waals surface area contributed by atoms with E-state index in [0.717, 1.165) is 37.8 Å². The van der Waals surface area contributed by atoms with E-state index in [9.17, 15) is 0 Å². The summed E-state index contributed by atoms with van der Waals surface area (Å²) in [4.78, 5) is 0. The van der Waals surface area contributed by atoms with Crippen LogP contribution in [-0.2, 0) is 0 Å². The van der Waals surface area contributed by atoms with Crippen LogP contribution in [0.4, 0.5) is 0 Å². The standard InChI is InChI=1S/C21H14Cl2N.BrH/c22-17-7-3-5-15(11-17)20-13-19-9-1-2-10-24(19)14-21(20)16-6-4-8-18(23)12-16;/h1-14H;1H/q+1;/p-1. The second-order valence-corrected chi connectivity index (χ2v) is 6.53. The predicted molar refractivity (Wildman–Crippen MR) is 100 cm³/mol. The smallest absolute Gasteiger partial charge is 0.211 e. The van der Waals surface area contributed by atoms with Gasteiger partial charge in [-0.25, -0.2) is 0 Å². The molecule has 4 aromatic rings. The van der Waals surface area contributed by atoms with E-state index in [-0.39, 0.29) is 17.0 Å². The number of halogens is 3. The maximum absolute atomic E-state index is 6.21. The summed E-state index contributed by atoms with van der Waals surface area (Å²) >= 11 is 12.4. The SMILES string of the molecule is Clc1cccc(-c2cc3cccc[n+]3cc2-c2cccc(Cl)c2)c1.[Br-]. The van der Waals surface area contributed by atoms with Gasteiger partial charge in [0.2, 0.25) is 5.52 Å². The molecule has 0 unspecified atom stereocenters. The first-order valence-corrected chi connectivity index (χ1v) is 8.42. The fourth-order valence-electron chi connectivity index (χ4n) is 2.92. The molecule has 0 atom stereocenters. The Morgan fingerprint density at radius 1 is 0.640 bits per heavy atom. The highest BCUT2D eigenvalue weighted by Gasteiger charge is 2.15. The lowest BCUT2D eigenvalue weighted by molar-refractivity contribution is -0.511. The van der Waals surface area contributed by atoms with Crippen LogP contribution < -0.4 is 21.4 Å². The van der Waals surface area contributed by atoms with Crippen molar-refractivity contribution in [3.05, 3.63) is 95.2 Å². The molecule has 0 aliphatic heterocycles. The molecule has 4 heteroatoms. The number of hydrogen-bond acceptors (Lipinski definition) is 0. The van der Waals surface area contributed by atoms with Crippen molar-refractivity contribution in [3.63, 3.8) is 0 Å². The lowest BCUT2D eigenvalue weighted by Crippen LogP contribution is -3.00. The number of aromatic nitrogens is 1. The molecule has 0 aliphatic carbocycles. The molecule has 0 spiro atoms. The van der Waals surface area contributed by atoms with Crippen molar-refractivity contribution < 1.29 is 21.4 Å². The average Bonchev–Trinajstić information content (AvgIpc) is 2.60. The Balaban J connectivity index is 0.00000182. The Labute approximate surface area is 167 Å². The maximum atomic E-state index is 6.21. The van der Waals surface area contributed by atoms with Gasteiger partial charge in [-0.15, -0.1) is 0 Å². The molecule has 2 heterocycles. The molecule has 0 aliphatic rings. The molecule has 0 radical (unpaired) electrons. The highest BCUT2D eigenvalue weighted by molar-refractivity contribution is 6.31. The van der Waals surface area contributed by atoms with E-state index in [1.54, 1.807) is 0 Å². The molecule has 4 rings (SSSR count). The topological polar surface area (TPSA) is 4.10 Å². The lowest BCUT2D eigenvalue weighted by atomic mass is 9.96. The van der Waals surface area contributed by atoms with Crippen LogP contribution in [0.1, 0.15) is 0 Å². The first-order chi connectivity index (χ1) is 11.7. The maximum Gasteiger partial charge on any atom is 0.211 e. The molecule has 0 amide bonds. The second-order valence-electron chi connectivity index (χ2n) is 5.65. The summed E-state index contributed by atoms with van der Waals surface area (Å²) in [7, 11) is 0. The first-order valence-electron chi connectivity index (χ1n) is 7.67. The molecular formula is C21H14BrCl2N. The van der Waals surface area contributed by atoms with E-state index in [2.05, 4.69) is 34.9 Å². The zero-order valence-corrected chi connectivity index (χ0v) is 16.3. The van der Waals surface area contributed by atoms with Crippen molar-refractivity contribution >= 4 is 28.7 Å². The normalized spacial score (nSPS) is 10.5. The van der Waals surface area contributed by atoms with Crippen molar-refractivity contribution in [2.45, 2.75) is 0 Å². The summed E-state index contributed by atoms with van der Waals surface area (Å²) in [5, 5.41) is 1.45. The van der Waals surface area contributed by atoms with E-state index >= 15 is 0 Å². The number of fused-ring (bicyclic) bond motifs is 1. The number of rotatable bonds is 2. The van der Waals surface area contributed by atoms with Crippen molar-refractivity contribution in [1.82, 2.24) is 0 Å². The van der Waals surface area contributed by atoms with Crippen LogP contribution in [0.15, 0.2) is 85.2 Å². The number of pyridine rings is 2. The summed E-state index contributed by atoms with van der Waals surface area (Å²) < 4.78 is 2.12. The molecular weight excluding hydrogens is 417 g/mol. The van der Waals surface area contributed by atoms with Crippen molar-refractivity contribution in [1.29, 1.82) is 0 Å². The van der Waals surface area contributed by atoms with Gasteiger partial charge in [-0.05, 0) is 41.5 Å². The molecule has 0 bridgehead atoms. The minimum Gasteiger partial charge on any atom is -1.00 e. The molecule has 0 N–H and O–H groups in total. The largest absolute Gasteiger partial charge is 1.00 e. The third-order valence-corrected chi connectivity index (χ3v) is 4.51. The minimum absolute atomic E-state index is 0. The molecule has 0 saturated heterocycles. The number of benzene rings is 2. The third kappa shape index (κ3) is 3.72. The lowest BCUT2D eigenvalue weighted by Gasteiger charge is -2.09. The zero-order chi connectivity index (χ0) is 16.5. The molecule has 0 fully saturated rings. The third-order valence-electron chi connectivity index (χ3n) is 4.04. The van der Waals surface area contributed by atoms with E-state index in [4.69, 9.17) is 23.2 Å². The van der Waals surface area contributed by atoms with Gasteiger partial charge in [-0.2, -0.15) is 4.40 Å². The summed E-state index contributed by atoms with van der Waals surface area (Å²) in [6.07, 6.45) is 4.18. The second kappa shape index (κ2) is 7.57.